The second-order valence-corrected chi connectivity index (χ2v) is 9.00. The molecule has 1 amide bonds. The van der Waals surface area contributed by atoms with Gasteiger partial charge >= 0.3 is 4.87 Å². The van der Waals surface area contributed by atoms with Gasteiger partial charge < -0.3 is 5.32 Å². The number of aryl methyl sites for hydroxylation is 2. The van der Waals surface area contributed by atoms with E-state index in [-0.39, 0.29) is 16.5 Å². The molecule has 0 bridgehead atoms. The van der Waals surface area contributed by atoms with Crippen LogP contribution in [0.25, 0.3) is 16.9 Å². The lowest BCUT2D eigenvalue weighted by atomic mass is 10.1. The van der Waals surface area contributed by atoms with Crippen molar-refractivity contribution in [2.75, 3.05) is 6.54 Å². The maximum absolute atomic E-state index is 14.5. The van der Waals surface area contributed by atoms with Crippen LogP contribution in [0.1, 0.15) is 33.6 Å². The second-order valence-electron chi connectivity index (χ2n) is 7.84. The zero-order valence-corrected chi connectivity index (χ0v) is 19.2. The van der Waals surface area contributed by atoms with Gasteiger partial charge in [0.2, 0.25) is 0 Å². The summed E-state index contributed by atoms with van der Waals surface area (Å²) in [4.78, 5) is 25.9. The lowest BCUT2D eigenvalue weighted by molar-refractivity contribution is 0.0953. The fourth-order valence-corrected chi connectivity index (χ4v) is 4.72. The van der Waals surface area contributed by atoms with Crippen LogP contribution in [0.15, 0.2) is 83.7 Å². The van der Waals surface area contributed by atoms with E-state index in [1.807, 2.05) is 31.2 Å². The summed E-state index contributed by atoms with van der Waals surface area (Å²) < 4.78 is 15.8. The molecule has 0 aliphatic carbocycles. The quantitative estimate of drug-likeness (QED) is 0.340. The van der Waals surface area contributed by atoms with Crippen LogP contribution in [-0.4, -0.2) is 17.0 Å². The summed E-state index contributed by atoms with van der Waals surface area (Å²) in [6.07, 6.45) is 2.86. The molecule has 4 rings (SSSR count). The van der Waals surface area contributed by atoms with E-state index >= 15 is 0 Å². The molecule has 1 aromatic heterocycles. The molecule has 0 spiro atoms. The Balaban J connectivity index is 1.48. The number of aromatic nitrogens is 1. The molecule has 0 unspecified atom stereocenters. The topological polar surface area (TPSA) is 51.1 Å². The molecule has 6 heteroatoms. The van der Waals surface area contributed by atoms with Crippen molar-refractivity contribution in [3.63, 3.8) is 0 Å². The number of thiazole rings is 1. The van der Waals surface area contributed by atoms with Crippen LogP contribution in [0.2, 0.25) is 0 Å². The van der Waals surface area contributed by atoms with Crippen LogP contribution in [0.5, 0.6) is 0 Å². The summed E-state index contributed by atoms with van der Waals surface area (Å²) in [6, 6.07) is 23.6. The number of nitrogens with one attached hydrogen (secondary N) is 1. The highest BCUT2D eigenvalue weighted by Crippen LogP contribution is 2.29. The van der Waals surface area contributed by atoms with E-state index < -0.39 is 5.82 Å². The van der Waals surface area contributed by atoms with Gasteiger partial charge in [0, 0.05) is 22.5 Å². The summed E-state index contributed by atoms with van der Waals surface area (Å²) >= 11 is 1.07. The summed E-state index contributed by atoms with van der Waals surface area (Å²) in [5.41, 5.74) is 3.31. The van der Waals surface area contributed by atoms with Crippen LogP contribution >= 0.6 is 11.3 Å². The van der Waals surface area contributed by atoms with Gasteiger partial charge in [-0.05, 0) is 56.0 Å². The summed E-state index contributed by atoms with van der Waals surface area (Å²) in [6.45, 7) is 2.42. The summed E-state index contributed by atoms with van der Waals surface area (Å²) in [5.74, 6) is -0.632. The highest BCUT2D eigenvalue weighted by atomic mass is 32.1. The molecule has 0 saturated heterocycles. The lowest BCUT2D eigenvalue weighted by Gasteiger charge is -2.11. The predicted octanol–water partition coefficient (Wildman–Crippen LogP) is 5.77. The summed E-state index contributed by atoms with van der Waals surface area (Å²) in [5, 5.41) is 2.97. The van der Waals surface area contributed by atoms with Crippen LogP contribution in [0.3, 0.4) is 0 Å². The van der Waals surface area contributed by atoms with Gasteiger partial charge in [-0.15, -0.1) is 0 Å². The largest absolute Gasteiger partial charge is 0.352 e. The van der Waals surface area contributed by atoms with Crippen molar-refractivity contribution in [1.29, 1.82) is 0 Å². The van der Waals surface area contributed by atoms with Gasteiger partial charge in [-0.1, -0.05) is 65.9 Å². The molecule has 1 heterocycles. The molecule has 3 aromatic carbocycles. The SMILES string of the molecule is Cc1sc(=O)n(-c2ccccc2F)c1-c1cccc(C(=O)NCCCCc2ccccc2)c1. The van der Waals surface area contributed by atoms with Crippen molar-refractivity contribution in [2.24, 2.45) is 0 Å². The van der Waals surface area contributed by atoms with E-state index in [0.717, 1.165) is 35.5 Å². The number of hydrogen-bond donors (Lipinski definition) is 1. The number of hydrogen-bond acceptors (Lipinski definition) is 3. The van der Waals surface area contributed by atoms with Crippen LogP contribution in [0.4, 0.5) is 4.39 Å². The monoisotopic (exact) mass is 460 g/mol. The van der Waals surface area contributed by atoms with Crippen molar-refractivity contribution in [1.82, 2.24) is 9.88 Å². The van der Waals surface area contributed by atoms with E-state index in [1.54, 1.807) is 36.4 Å². The standard InChI is InChI=1S/C27H25FN2O2S/c1-19-25(30(27(32)33-19)24-16-6-5-15-23(24)28)21-13-9-14-22(18-21)26(31)29-17-8-7-12-20-10-3-2-4-11-20/h2-6,9-11,13-16,18H,7-8,12,17H2,1H3,(H,29,31). The minimum Gasteiger partial charge on any atom is -0.352 e. The number of unbranched alkanes of at least 4 members (excludes halogenated alkanes) is 1. The fraction of sp³-hybridized carbons (Fsp3) is 0.185. The highest BCUT2D eigenvalue weighted by Gasteiger charge is 2.18. The first-order chi connectivity index (χ1) is 16.0. The van der Waals surface area contributed by atoms with Gasteiger partial charge in [0.15, 0.2) is 0 Å². The Labute approximate surface area is 196 Å². The van der Waals surface area contributed by atoms with E-state index in [9.17, 15) is 14.0 Å². The molecule has 4 aromatic rings. The molecule has 0 atom stereocenters. The van der Waals surface area contributed by atoms with Gasteiger partial charge in [-0.3, -0.25) is 14.2 Å². The number of para-hydroxylation sites is 1. The molecule has 33 heavy (non-hydrogen) atoms. The van der Waals surface area contributed by atoms with Gasteiger partial charge in [0.25, 0.3) is 5.91 Å². The zero-order valence-electron chi connectivity index (χ0n) is 18.4. The van der Waals surface area contributed by atoms with E-state index in [1.165, 1.54) is 16.2 Å². The highest BCUT2D eigenvalue weighted by molar-refractivity contribution is 7.09. The fourth-order valence-electron chi connectivity index (χ4n) is 3.87. The van der Waals surface area contributed by atoms with E-state index in [2.05, 4.69) is 17.4 Å². The molecule has 168 valence electrons. The van der Waals surface area contributed by atoms with Crippen LogP contribution in [-0.2, 0) is 6.42 Å². The number of benzene rings is 3. The first kappa shape index (κ1) is 22.7. The molecule has 1 N–H and O–H groups in total. The first-order valence-electron chi connectivity index (χ1n) is 10.9. The van der Waals surface area contributed by atoms with Crippen molar-refractivity contribution in [2.45, 2.75) is 26.2 Å². The number of halogens is 1. The van der Waals surface area contributed by atoms with Crippen molar-refractivity contribution in [3.05, 3.63) is 110 Å². The van der Waals surface area contributed by atoms with Gasteiger partial charge in [-0.25, -0.2) is 4.39 Å². The molecule has 0 fully saturated rings. The zero-order chi connectivity index (χ0) is 23.2. The van der Waals surface area contributed by atoms with Crippen molar-refractivity contribution >= 4 is 17.2 Å². The first-order valence-corrected chi connectivity index (χ1v) is 11.8. The van der Waals surface area contributed by atoms with Gasteiger partial charge in [-0.2, -0.15) is 0 Å². The lowest BCUT2D eigenvalue weighted by Crippen LogP contribution is -2.24. The third-order valence-electron chi connectivity index (χ3n) is 5.49. The normalized spacial score (nSPS) is 10.8. The maximum atomic E-state index is 14.5. The predicted molar refractivity (Wildman–Crippen MR) is 132 cm³/mol. The van der Waals surface area contributed by atoms with E-state index in [4.69, 9.17) is 0 Å². The number of amides is 1. The maximum Gasteiger partial charge on any atom is 0.312 e. The Morgan fingerprint density at radius 3 is 2.52 bits per heavy atom. The Bertz CT molecular complexity index is 1310. The average molecular weight is 461 g/mol. The van der Waals surface area contributed by atoms with Gasteiger partial charge in [0.1, 0.15) is 5.82 Å². The molecular weight excluding hydrogens is 435 g/mol. The molecule has 0 aliphatic rings. The van der Waals surface area contributed by atoms with Crippen molar-refractivity contribution in [3.8, 4) is 16.9 Å². The number of nitrogens with zero attached hydrogens (tertiary/aromatic N) is 1. The van der Waals surface area contributed by atoms with Crippen LogP contribution < -0.4 is 10.2 Å². The average Bonchev–Trinajstić information content (AvgIpc) is 3.13. The third kappa shape index (κ3) is 5.29. The molecule has 0 radical (unpaired) electrons. The second kappa shape index (κ2) is 10.4. The number of rotatable bonds is 8. The number of carbonyl (C=O) groups is 1. The van der Waals surface area contributed by atoms with Crippen LogP contribution in [0, 0.1) is 12.7 Å². The third-order valence-corrected chi connectivity index (χ3v) is 6.35. The number of carbonyl (C=O) groups excluding carboxylic acids is 1. The smallest absolute Gasteiger partial charge is 0.312 e. The Kier molecular flexibility index (Phi) is 7.15. The van der Waals surface area contributed by atoms with Gasteiger partial charge in [0.05, 0.1) is 11.4 Å². The summed E-state index contributed by atoms with van der Waals surface area (Å²) in [7, 11) is 0. The molecule has 0 aliphatic heterocycles. The van der Waals surface area contributed by atoms with Crippen molar-refractivity contribution < 1.29 is 9.18 Å². The Hall–Kier alpha value is -3.51. The molecule has 4 nitrogen and oxygen atoms in total. The Morgan fingerprint density at radius 1 is 0.970 bits per heavy atom. The molecular formula is C27H25FN2O2S. The molecule has 0 saturated carbocycles. The van der Waals surface area contributed by atoms with E-state index in [0.29, 0.717) is 23.4 Å². The Morgan fingerprint density at radius 2 is 1.73 bits per heavy atom. The minimum absolute atomic E-state index is 0.163. The minimum atomic E-state index is -0.469.